The third-order valence-electron chi connectivity index (χ3n) is 5.15. The summed E-state index contributed by atoms with van der Waals surface area (Å²) in [6, 6.07) is 0.579. The van der Waals surface area contributed by atoms with E-state index in [1.165, 1.54) is 32.1 Å². The summed E-state index contributed by atoms with van der Waals surface area (Å²) in [4.78, 5) is 2.46. The van der Waals surface area contributed by atoms with E-state index in [0.717, 1.165) is 37.5 Å². The number of nitrogens with zero attached hydrogens (tertiary/aromatic N) is 1. The predicted molar refractivity (Wildman–Crippen MR) is 82.4 cm³/mol. The fourth-order valence-corrected chi connectivity index (χ4v) is 3.83. The Balaban J connectivity index is 1.97. The quantitative estimate of drug-likeness (QED) is 0.675. The molecule has 2 saturated heterocycles. The van der Waals surface area contributed by atoms with Gasteiger partial charge in [-0.2, -0.15) is 0 Å². The average Bonchev–Trinajstić information content (AvgIpc) is 3.00. The van der Waals surface area contributed by atoms with Gasteiger partial charge in [0, 0.05) is 12.6 Å². The third kappa shape index (κ3) is 3.96. The molecular weight excluding hydrogens is 250 g/mol. The van der Waals surface area contributed by atoms with Gasteiger partial charge in [0.1, 0.15) is 0 Å². The highest BCUT2D eigenvalue weighted by Gasteiger charge is 2.42. The van der Waals surface area contributed by atoms with E-state index in [0.29, 0.717) is 6.04 Å². The van der Waals surface area contributed by atoms with Crippen molar-refractivity contribution in [2.24, 2.45) is 17.8 Å². The Bertz CT molecular complexity index is 284. The molecule has 0 aliphatic carbocycles. The minimum atomic E-state index is -0.0408. The van der Waals surface area contributed by atoms with Crippen molar-refractivity contribution in [3.05, 3.63) is 0 Å². The molecule has 0 spiro atoms. The molecule has 0 radical (unpaired) electrons. The fourth-order valence-electron chi connectivity index (χ4n) is 3.83. The van der Waals surface area contributed by atoms with Crippen LogP contribution in [0.1, 0.15) is 59.8 Å². The lowest BCUT2D eigenvalue weighted by Gasteiger charge is -2.32. The molecule has 2 aliphatic rings. The van der Waals surface area contributed by atoms with Gasteiger partial charge in [0.05, 0.1) is 13.2 Å². The molecule has 0 N–H and O–H groups in total. The van der Waals surface area contributed by atoms with Crippen LogP contribution in [0.5, 0.6) is 0 Å². The summed E-state index contributed by atoms with van der Waals surface area (Å²) >= 11 is 0. The normalized spacial score (nSPS) is 31.2. The Kier molecular flexibility index (Phi) is 6.31. The van der Waals surface area contributed by atoms with E-state index in [2.05, 4.69) is 32.6 Å². The van der Waals surface area contributed by atoms with Gasteiger partial charge < -0.3 is 9.47 Å². The van der Waals surface area contributed by atoms with Crippen LogP contribution in [-0.4, -0.2) is 37.1 Å². The zero-order valence-electron chi connectivity index (χ0n) is 13.8. The summed E-state index contributed by atoms with van der Waals surface area (Å²) in [5.41, 5.74) is 0. The Labute approximate surface area is 125 Å². The van der Waals surface area contributed by atoms with Gasteiger partial charge in [0.25, 0.3) is 0 Å². The summed E-state index contributed by atoms with van der Waals surface area (Å²) < 4.78 is 11.5. The molecule has 2 fully saturated rings. The van der Waals surface area contributed by atoms with Crippen LogP contribution in [0.4, 0.5) is 0 Å². The molecule has 0 amide bonds. The fraction of sp³-hybridized carbons (Fsp3) is 1.00. The summed E-state index contributed by atoms with van der Waals surface area (Å²) in [5, 5.41) is 0. The van der Waals surface area contributed by atoms with Crippen LogP contribution < -0.4 is 0 Å². The van der Waals surface area contributed by atoms with Crippen LogP contribution in [0.2, 0.25) is 0 Å². The summed E-state index contributed by atoms with van der Waals surface area (Å²) in [6.45, 7) is 12.2. The van der Waals surface area contributed by atoms with Crippen LogP contribution >= 0.6 is 0 Å². The first-order valence-electron chi connectivity index (χ1n) is 8.64. The van der Waals surface area contributed by atoms with Crippen molar-refractivity contribution >= 4 is 0 Å². The largest absolute Gasteiger partial charge is 0.338 e. The van der Waals surface area contributed by atoms with Crippen LogP contribution in [0.25, 0.3) is 0 Å². The van der Waals surface area contributed by atoms with Crippen LogP contribution in [0.15, 0.2) is 0 Å². The zero-order valence-corrected chi connectivity index (χ0v) is 13.8. The molecule has 2 aliphatic heterocycles. The maximum absolute atomic E-state index is 5.83. The molecule has 3 nitrogen and oxygen atoms in total. The minimum absolute atomic E-state index is 0.0408. The van der Waals surface area contributed by atoms with Crippen molar-refractivity contribution in [1.82, 2.24) is 4.90 Å². The minimum Gasteiger partial charge on any atom is -0.338 e. The van der Waals surface area contributed by atoms with Gasteiger partial charge in [-0.3, -0.25) is 0 Å². The molecule has 0 bridgehead atoms. The molecule has 118 valence electrons. The highest BCUT2D eigenvalue weighted by molar-refractivity contribution is 4.87. The Morgan fingerprint density at radius 2 is 1.85 bits per heavy atom. The second kappa shape index (κ2) is 7.77. The zero-order chi connectivity index (χ0) is 14.5. The number of hydrogen-bond donors (Lipinski definition) is 0. The molecule has 5 atom stereocenters. The summed E-state index contributed by atoms with van der Waals surface area (Å²) in [5.74, 6) is 2.41. The lowest BCUT2D eigenvalue weighted by Crippen LogP contribution is -2.40. The Morgan fingerprint density at radius 3 is 2.55 bits per heavy atom. The first kappa shape index (κ1) is 16.3. The molecule has 0 aromatic carbocycles. The van der Waals surface area contributed by atoms with Crippen LogP contribution in [-0.2, 0) is 9.47 Å². The summed E-state index contributed by atoms with van der Waals surface area (Å²) in [6.07, 6.45) is 6.57. The lowest BCUT2D eigenvalue weighted by molar-refractivity contribution is -0.123. The Hall–Kier alpha value is -0.120. The number of ether oxygens (including phenoxy) is 2. The highest BCUT2D eigenvalue weighted by Crippen LogP contribution is 2.35. The van der Waals surface area contributed by atoms with E-state index >= 15 is 0 Å². The molecule has 0 aromatic heterocycles. The van der Waals surface area contributed by atoms with Gasteiger partial charge in [-0.05, 0) is 30.6 Å². The van der Waals surface area contributed by atoms with Crippen molar-refractivity contribution in [1.29, 1.82) is 0 Å². The van der Waals surface area contributed by atoms with Crippen LogP contribution in [0, 0.1) is 17.8 Å². The average molecular weight is 283 g/mol. The maximum atomic E-state index is 5.83. The van der Waals surface area contributed by atoms with E-state index in [4.69, 9.17) is 9.47 Å². The SMILES string of the molecule is CCCC(C)CC(CC(C)CC)C1COC2OCCN21. The topological polar surface area (TPSA) is 21.7 Å². The second-order valence-corrected chi connectivity index (χ2v) is 6.96. The van der Waals surface area contributed by atoms with Crippen LogP contribution in [0.3, 0.4) is 0 Å². The van der Waals surface area contributed by atoms with Gasteiger partial charge in [-0.15, -0.1) is 0 Å². The van der Waals surface area contributed by atoms with Gasteiger partial charge in [-0.25, -0.2) is 4.90 Å². The highest BCUT2D eigenvalue weighted by atomic mass is 16.7. The van der Waals surface area contributed by atoms with Gasteiger partial charge in [0.15, 0.2) is 0 Å². The first-order valence-corrected chi connectivity index (χ1v) is 8.64. The van der Waals surface area contributed by atoms with Crippen molar-refractivity contribution in [2.45, 2.75) is 72.3 Å². The van der Waals surface area contributed by atoms with E-state index in [9.17, 15) is 0 Å². The summed E-state index contributed by atoms with van der Waals surface area (Å²) in [7, 11) is 0. The number of hydrogen-bond acceptors (Lipinski definition) is 3. The number of rotatable bonds is 8. The van der Waals surface area contributed by atoms with Crippen molar-refractivity contribution < 1.29 is 9.47 Å². The predicted octanol–water partition coefficient (Wildman–Crippen LogP) is 3.88. The Morgan fingerprint density at radius 1 is 1.10 bits per heavy atom. The monoisotopic (exact) mass is 283 g/mol. The molecule has 5 unspecified atom stereocenters. The molecule has 2 rings (SSSR count). The van der Waals surface area contributed by atoms with Gasteiger partial charge >= 0.3 is 0 Å². The van der Waals surface area contributed by atoms with E-state index in [1.54, 1.807) is 0 Å². The first-order chi connectivity index (χ1) is 9.65. The lowest BCUT2D eigenvalue weighted by atomic mass is 9.81. The van der Waals surface area contributed by atoms with E-state index in [1.807, 2.05) is 0 Å². The van der Waals surface area contributed by atoms with E-state index in [-0.39, 0.29) is 6.41 Å². The molecular formula is C17H33NO2. The third-order valence-corrected chi connectivity index (χ3v) is 5.15. The molecule has 0 saturated carbocycles. The molecule has 2 heterocycles. The van der Waals surface area contributed by atoms with Crippen molar-refractivity contribution in [3.8, 4) is 0 Å². The smallest absolute Gasteiger partial charge is 0.219 e. The molecule has 3 heteroatoms. The standard InChI is InChI=1S/C17H33NO2/c1-5-7-14(4)11-15(10-13(3)6-2)16-12-20-17-18(16)8-9-19-17/h13-17H,5-12H2,1-4H3. The molecule has 20 heavy (non-hydrogen) atoms. The van der Waals surface area contributed by atoms with Gasteiger partial charge in [0.2, 0.25) is 6.41 Å². The second-order valence-electron chi connectivity index (χ2n) is 6.96. The molecule has 0 aromatic rings. The van der Waals surface area contributed by atoms with Gasteiger partial charge in [-0.1, -0.05) is 47.0 Å². The van der Waals surface area contributed by atoms with E-state index < -0.39 is 0 Å². The number of fused-ring (bicyclic) bond motifs is 1. The van der Waals surface area contributed by atoms with Crippen molar-refractivity contribution in [2.75, 3.05) is 19.8 Å². The van der Waals surface area contributed by atoms with Crippen molar-refractivity contribution in [3.63, 3.8) is 0 Å². The maximum Gasteiger partial charge on any atom is 0.219 e.